The van der Waals surface area contributed by atoms with Gasteiger partial charge in [-0.1, -0.05) is 83.9 Å². The van der Waals surface area contributed by atoms with Gasteiger partial charge in [-0.3, -0.25) is 14.7 Å². The molecule has 4 atom stereocenters. The zero-order chi connectivity index (χ0) is 22.6. The zero-order valence-electron chi connectivity index (χ0n) is 19.7. The molecule has 0 aliphatic carbocycles. The maximum absolute atomic E-state index is 7.12. The van der Waals surface area contributed by atoms with Crippen LogP contribution in [0.2, 0.25) is 0 Å². The topological polar surface area (TPSA) is 13.0 Å². The van der Waals surface area contributed by atoms with E-state index in [1.807, 2.05) is 0 Å². The Morgan fingerprint density at radius 3 is 1.88 bits per heavy atom. The first kappa shape index (κ1) is 27.0. The minimum Gasteiger partial charge on any atom is -0.305 e. The standard InChI is InChI=1S/C26H36Cl2N4.Mn/c1-29-14-13-24(22-9-5-3-6-10-22)31-17-16-30(2)25(23-11-7-4-8-12-23)21-26(27,28)32(19-15-29)20-18-31;/h3-12,24-25H,13-21H2,1-2H3;/q;+2. The van der Waals surface area contributed by atoms with Gasteiger partial charge < -0.3 is 4.90 Å². The normalized spacial score (nSPS) is 29.7. The maximum atomic E-state index is 7.12. The first-order chi connectivity index (χ1) is 15.4. The summed E-state index contributed by atoms with van der Waals surface area (Å²) in [6.07, 6.45) is 1.81. The summed E-state index contributed by atoms with van der Waals surface area (Å²) >= 11 is 14.2. The molecule has 2 fully saturated rings. The van der Waals surface area contributed by atoms with E-state index in [2.05, 4.69) is 94.4 Å². The third-order valence-electron chi connectivity index (χ3n) is 7.18. The van der Waals surface area contributed by atoms with Gasteiger partial charge in [-0.25, -0.2) is 0 Å². The molecule has 2 bridgehead atoms. The van der Waals surface area contributed by atoms with E-state index in [0.29, 0.717) is 12.5 Å². The summed E-state index contributed by atoms with van der Waals surface area (Å²) in [6.45, 7) is 6.73. The third-order valence-corrected chi connectivity index (χ3v) is 7.96. The Hall–Kier alpha value is -0.621. The van der Waals surface area contributed by atoms with Crippen molar-refractivity contribution in [3.8, 4) is 0 Å². The van der Waals surface area contributed by atoms with Crippen molar-refractivity contribution in [3.63, 3.8) is 0 Å². The van der Waals surface area contributed by atoms with Crippen molar-refractivity contribution in [3.05, 3.63) is 71.8 Å². The molecule has 0 amide bonds. The van der Waals surface area contributed by atoms with Gasteiger partial charge in [0.15, 0.2) is 4.46 Å². The summed E-state index contributed by atoms with van der Waals surface area (Å²) in [6, 6.07) is 22.2. The molecule has 2 aliphatic heterocycles. The summed E-state index contributed by atoms with van der Waals surface area (Å²) in [7, 11) is 4.42. The largest absolute Gasteiger partial charge is 2.00 e. The molecular formula is C26H36Cl2MnN4+2. The number of likely N-dealkylation sites (N-methyl/N-ethyl adjacent to an activating group) is 2. The average molecular weight is 530 g/mol. The number of halogens is 2. The quantitative estimate of drug-likeness (QED) is 0.312. The minimum absolute atomic E-state index is 0. The monoisotopic (exact) mass is 529 g/mol. The van der Waals surface area contributed by atoms with Crippen molar-refractivity contribution in [2.45, 2.75) is 29.4 Å². The summed E-state index contributed by atoms with van der Waals surface area (Å²) in [4.78, 5) is 9.80. The van der Waals surface area contributed by atoms with Gasteiger partial charge in [0.25, 0.3) is 0 Å². The Morgan fingerprint density at radius 2 is 1.24 bits per heavy atom. The van der Waals surface area contributed by atoms with Gasteiger partial charge in [0.2, 0.25) is 0 Å². The van der Waals surface area contributed by atoms with Crippen LogP contribution in [-0.4, -0.2) is 84.0 Å². The number of fused-ring (bicyclic) bond motifs is 3. The van der Waals surface area contributed by atoms with Gasteiger partial charge in [0, 0.05) is 57.8 Å². The summed E-state index contributed by atoms with van der Waals surface area (Å²) in [5.74, 6) is 0. The molecule has 2 saturated heterocycles. The van der Waals surface area contributed by atoms with Crippen LogP contribution in [0.4, 0.5) is 0 Å². The number of hydrogen-bond donors (Lipinski definition) is 0. The van der Waals surface area contributed by atoms with Crippen molar-refractivity contribution in [2.75, 3.05) is 59.9 Å². The fourth-order valence-electron chi connectivity index (χ4n) is 5.10. The summed E-state index contributed by atoms with van der Waals surface area (Å²) in [5.41, 5.74) is 2.67. The number of rotatable bonds is 2. The third kappa shape index (κ3) is 6.96. The van der Waals surface area contributed by atoms with Crippen LogP contribution < -0.4 is 0 Å². The molecule has 0 saturated carbocycles. The maximum Gasteiger partial charge on any atom is 2.00 e. The van der Waals surface area contributed by atoms with E-state index in [0.717, 1.165) is 52.2 Å². The first-order valence-corrected chi connectivity index (χ1v) is 12.6. The molecule has 2 aromatic carbocycles. The molecule has 179 valence electrons. The minimum atomic E-state index is -0.917. The van der Waals surface area contributed by atoms with Crippen LogP contribution in [0, 0.1) is 0 Å². The number of benzene rings is 2. The zero-order valence-corrected chi connectivity index (χ0v) is 22.4. The average Bonchev–Trinajstić information content (AvgIpc) is 2.80. The van der Waals surface area contributed by atoms with Crippen molar-refractivity contribution in [1.82, 2.24) is 19.6 Å². The number of alkyl halides is 2. The molecule has 7 heteroatoms. The second-order valence-electron chi connectivity index (χ2n) is 9.32. The van der Waals surface area contributed by atoms with Crippen LogP contribution in [-0.2, 0) is 17.1 Å². The molecule has 0 spiro atoms. The molecule has 0 aromatic heterocycles. The second kappa shape index (κ2) is 12.4. The Balaban J connectivity index is 0.00000306. The molecule has 2 aliphatic rings. The molecule has 33 heavy (non-hydrogen) atoms. The predicted octanol–water partition coefficient (Wildman–Crippen LogP) is 4.87. The Bertz CT molecular complexity index is 839. The fraction of sp³-hybridized carbons (Fsp3) is 0.538. The van der Waals surface area contributed by atoms with Crippen LogP contribution in [0.1, 0.15) is 36.1 Å². The SMILES string of the molecule is CN1CCC(c2ccccc2)N2CCN(C)C(c3ccccc3)CC(Cl)(Cl)N(CC1)CC2.[Mn+2]. The van der Waals surface area contributed by atoms with Crippen molar-refractivity contribution < 1.29 is 17.1 Å². The van der Waals surface area contributed by atoms with Crippen LogP contribution in [0.3, 0.4) is 0 Å². The van der Waals surface area contributed by atoms with E-state index in [-0.39, 0.29) is 23.1 Å². The predicted molar refractivity (Wildman–Crippen MR) is 135 cm³/mol. The Kier molecular flexibility index (Phi) is 10.1. The van der Waals surface area contributed by atoms with Crippen LogP contribution in [0.25, 0.3) is 0 Å². The van der Waals surface area contributed by atoms with E-state index in [4.69, 9.17) is 23.2 Å². The smallest absolute Gasteiger partial charge is 0.305 e. The van der Waals surface area contributed by atoms with Gasteiger partial charge in [0.1, 0.15) is 0 Å². The molecule has 4 nitrogen and oxygen atoms in total. The summed E-state index contributed by atoms with van der Waals surface area (Å²) < 4.78 is -0.917. The number of hydrogen-bond acceptors (Lipinski definition) is 4. The van der Waals surface area contributed by atoms with Crippen molar-refractivity contribution in [2.24, 2.45) is 0 Å². The van der Waals surface area contributed by atoms with E-state index in [9.17, 15) is 0 Å². The van der Waals surface area contributed by atoms with Gasteiger partial charge in [-0.15, -0.1) is 0 Å². The molecule has 2 heterocycles. The Morgan fingerprint density at radius 1 is 0.697 bits per heavy atom. The Labute approximate surface area is 220 Å². The van der Waals surface area contributed by atoms with Crippen molar-refractivity contribution >= 4 is 23.2 Å². The van der Waals surface area contributed by atoms with E-state index in [1.165, 1.54) is 11.1 Å². The summed E-state index contributed by atoms with van der Waals surface area (Å²) in [5, 5.41) is 0. The van der Waals surface area contributed by atoms with E-state index < -0.39 is 4.46 Å². The molecular weight excluding hydrogens is 494 g/mol. The second-order valence-corrected chi connectivity index (χ2v) is 10.8. The molecule has 0 N–H and O–H groups in total. The molecule has 1 radical (unpaired) electrons. The van der Waals surface area contributed by atoms with Gasteiger partial charge >= 0.3 is 17.1 Å². The van der Waals surface area contributed by atoms with E-state index in [1.54, 1.807) is 0 Å². The number of nitrogens with zero attached hydrogens (tertiary/aromatic N) is 4. The van der Waals surface area contributed by atoms with Gasteiger partial charge in [-0.05, 0) is 38.2 Å². The fourth-order valence-corrected chi connectivity index (χ4v) is 5.73. The van der Waals surface area contributed by atoms with Crippen LogP contribution in [0.5, 0.6) is 0 Å². The molecule has 4 rings (SSSR count). The molecule has 4 unspecified atom stereocenters. The van der Waals surface area contributed by atoms with Crippen LogP contribution >= 0.6 is 23.2 Å². The van der Waals surface area contributed by atoms with Gasteiger partial charge in [-0.2, -0.15) is 0 Å². The molecule has 2 aromatic rings. The van der Waals surface area contributed by atoms with Crippen LogP contribution in [0.15, 0.2) is 60.7 Å². The van der Waals surface area contributed by atoms with E-state index >= 15 is 0 Å². The first-order valence-electron chi connectivity index (χ1n) is 11.8. The van der Waals surface area contributed by atoms with Crippen molar-refractivity contribution in [1.29, 1.82) is 0 Å². The van der Waals surface area contributed by atoms with Gasteiger partial charge in [0.05, 0.1) is 0 Å².